The van der Waals surface area contributed by atoms with E-state index in [0.717, 1.165) is 12.1 Å². The SMILES string of the molecule is CC(C)C(N)CNc1ccc(C(F)(F)F)cc1C(N)=O. The Balaban J connectivity index is 3.00. The number of carbonyl (C=O) groups excluding carboxylic acids is 1. The van der Waals surface area contributed by atoms with Crippen molar-refractivity contribution in [3.8, 4) is 0 Å². The zero-order valence-electron chi connectivity index (χ0n) is 11.3. The predicted molar refractivity (Wildman–Crippen MR) is 71.3 cm³/mol. The maximum Gasteiger partial charge on any atom is 0.416 e. The van der Waals surface area contributed by atoms with Crippen molar-refractivity contribution < 1.29 is 18.0 Å². The molecule has 0 spiro atoms. The highest BCUT2D eigenvalue weighted by Crippen LogP contribution is 2.31. The lowest BCUT2D eigenvalue weighted by Gasteiger charge is -2.19. The summed E-state index contributed by atoms with van der Waals surface area (Å²) in [4.78, 5) is 11.3. The Hall–Kier alpha value is -1.76. The Morgan fingerprint density at radius 1 is 1.35 bits per heavy atom. The van der Waals surface area contributed by atoms with Crippen molar-refractivity contribution in [3.05, 3.63) is 29.3 Å². The van der Waals surface area contributed by atoms with E-state index in [2.05, 4.69) is 5.32 Å². The molecule has 7 heteroatoms. The van der Waals surface area contributed by atoms with Gasteiger partial charge < -0.3 is 16.8 Å². The normalized spacial score (nSPS) is 13.3. The van der Waals surface area contributed by atoms with Crippen molar-refractivity contribution in [2.75, 3.05) is 11.9 Å². The molecule has 0 saturated heterocycles. The molecule has 1 aromatic carbocycles. The fourth-order valence-corrected chi connectivity index (χ4v) is 1.54. The van der Waals surface area contributed by atoms with E-state index < -0.39 is 17.6 Å². The monoisotopic (exact) mass is 289 g/mol. The third-order valence-electron chi connectivity index (χ3n) is 3.00. The number of hydrogen-bond acceptors (Lipinski definition) is 3. The highest BCUT2D eigenvalue weighted by Gasteiger charge is 2.31. The highest BCUT2D eigenvalue weighted by molar-refractivity contribution is 5.98. The maximum atomic E-state index is 12.6. The summed E-state index contributed by atoms with van der Waals surface area (Å²) in [7, 11) is 0. The average molecular weight is 289 g/mol. The van der Waals surface area contributed by atoms with Crippen LogP contribution in [0.25, 0.3) is 0 Å². The highest BCUT2D eigenvalue weighted by atomic mass is 19.4. The average Bonchev–Trinajstić information content (AvgIpc) is 2.34. The summed E-state index contributed by atoms with van der Waals surface area (Å²) in [5.41, 5.74) is 10.1. The van der Waals surface area contributed by atoms with Gasteiger partial charge in [-0.05, 0) is 24.1 Å². The molecule has 0 bridgehead atoms. The summed E-state index contributed by atoms with van der Waals surface area (Å²) in [5.74, 6) is -0.717. The Morgan fingerprint density at radius 3 is 2.40 bits per heavy atom. The van der Waals surface area contributed by atoms with Crippen LogP contribution in [-0.4, -0.2) is 18.5 Å². The molecule has 1 unspecified atom stereocenters. The van der Waals surface area contributed by atoms with Crippen LogP contribution in [0.3, 0.4) is 0 Å². The van der Waals surface area contributed by atoms with E-state index in [0.29, 0.717) is 6.54 Å². The number of halogens is 3. The van der Waals surface area contributed by atoms with Crippen LogP contribution < -0.4 is 16.8 Å². The Bertz CT molecular complexity index is 486. The van der Waals surface area contributed by atoms with E-state index in [-0.39, 0.29) is 23.2 Å². The summed E-state index contributed by atoms with van der Waals surface area (Å²) in [5, 5.41) is 2.86. The van der Waals surface area contributed by atoms with Crippen molar-refractivity contribution in [1.29, 1.82) is 0 Å². The molecule has 1 rings (SSSR count). The molecule has 4 nitrogen and oxygen atoms in total. The van der Waals surface area contributed by atoms with Gasteiger partial charge in [0.1, 0.15) is 0 Å². The number of nitrogens with two attached hydrogens (primary N) is 2. The lowest BCUT2D eigenvalue weighted by atomic mass is 10.0. The molecule has 0 aliphatic carbocycles. The van der Waals surface area contributed by atoms with Crippen molar-refractivity contribution >= 4 is 11.6 Å². The molecule has 1 atom stereocenters. The minimum absolute atomic E-state index is 0.182. The number of primary amides is 1. The second-order valence-electron chi connectivity index (χ2n) is 4.91. The van der Waals surface area contributed by atoms with E-state index in [4.69, 9.17) is 11.5 Å². The second kappa shape index (κ2) is 6.13. The topological polar surface area (TPSA) is 81.1 Å². The van der Waals surface area contributed by atoms with Crippen molar-refractivity contribution in [2.45, 2.75) is 26.1 Å². The number of rotatable bonds is 5. The molecule has 0 heterocycles. The first-order valence-corrected chi connectivity index (χ1v) is 6.13. The molecule has 5 N–H and O–H groups in total. The number of alkyl halides is 3. The van der Waals surface area contributed by atoms with Crippen molar-refractivity contribution in [2.24, 2.45) is 17.4 Å². The number of nitrogens with one attached hydrogen (secondary N) is 1. The van der Waals surface area contributed by atoms with Crippen LogP contribution in [0, 0.1) is 5.92 Å². The quantitative estimate of drug-likeness (QED) is 0.777. The molecule has 0 aromatic heterocycles. The van der Waals surface area contributed by atoms with Crippen molar-refractivity contribution in [1.82, 2.24) is 0 Å². The molecule has 0 radical (unpaired) electrons. The molecule has 20 heavy (non-hydrogen) atoms. The van der Waals surface area contributed by atoms with E-state index in [1.54, 1.807) is 0 Å². The summed E-state index contributed by atoms with van der Waals surface area (Å²) in [6, 6.07) is 2.65. The smallest absolute Gasteiger partial charge is 0.383 e. The van der Waals surface area contributed by atoms with Crippen LogP contribution in [0.5, 0.6) is 0 Å². The summed E-state index contributed by atoms with van der Waals surface area (Å²) < 4.78 is 37.8. The van der Waals surface area contributed by atoms with E-state index in [1.165, 1.54) is 6.07 Å². The van der Waals surface area contributed by atoms with Crippen LogP contribution in [0.15, 0.2) is 18.2 Å². The lowest BCUT2D eigenvalue weighted by Crippen LogP contribution is -2.34. The van der Waals surface area contributed by atoms with Gasteiger partial charge in [0.05, 0.1) is 11.1 Å². The Morgan fingerprint density at radius 2 is 1.95 bits per heavy atom. The van der Waals surface area contributed by atoms with E-state index >= 15 is 0 Å². The number of anilines is 1. The van der Waals surface area contributed by atoms with Crippen LogP contribution in [0.4, 0.5) is 18.9 Å². The molecule has 0 aliphatic rings. The number of hydrogen-bond donors (Lipinski definition) is 3. The molecule has 0 aliphatic heterocycles. The van der Waals surface area contributed by atoms with Gasteiger partial charge in [-0.25, -0.2) is 0 Å². The standard InChI is InChI=1S/C13H18F3N3O/c1-7(2)10(17)6-19-11-4-3-8(13(14,15)16)5-9(11)12(18)20/h3-5,7,10,19H,6,17H2,1-2H3,(H2,18,20). The van der Waals surface area contributed by atoms with E-state index in [1.807, 2.05) is 13.8 Å². The molecule has 1 aromatic rings. The molecular formula is C13H18F3N3O. The summed E-state index contributed by atoms with van der Waals surface area (Å²) >= 11 is 0. The van der Waals surface area contributed by atoms with E-state index in [9.17, 15) is 18.0 Å². The fraction of sp³-hybridized carbons (Fsp3) is 0.462. The maximum absolute atomic E-state index is 12.6. The largest absolute Gasteiger partial charge is 0.416 e. The predicted octanol–water partition coefficient (Wildman–Crippen LogP) is 2.20. The third kappa shape index (κ3) is 4.12. The van der Waals surface area contributed by atoms with Gasteiger partial charge in [0.25, 0.3) is 5.91 Å². The summed E-state index contributed by atoms with van der Waals surface area (Å²) in [6.45, 7) is 4.19. The Kier molecular flexibility index (Phi) is 4.99. The van der Waals surface area contributed by atoms with Crippen LogP contribution >= 0.6 is 0 Å². The van der Waals surface area contributed by atoms with Crippen LogP contribution in [0.2, 0.25) is 0 Å². The second-order valence-corrected chi connectivity index (χ2v) is 4.91. The molecule has 0 saturated carbocycles. The van der Waals surface area contributed by atoms with Gasteiger partial charge in [0.2, 0.25) is 0 Å². The molecule has 112 valence electrons. The first kappa shape index (κ1) is 16.3. The first-order chi connectivity index (χ1) is 9.12. The lowest BCUT2D eigenvalue weighted by molar-refractivity contribution is -0.137. The van der Waals surface area contributed by atoms with Crippen molar-refractivity contribution in [3.63, 3.8) is 0 Å². The van der Waals surface area contributed by atoms with Gasteiger partial charge in [-0.2, -0.15) is 13.2 Å². The third-order valence-corrected chi connectivity index (χ3v) is 3.00. The molecule has 0 fully saturated rings. The van der Waals surface area contributed by atoms with Gasteiger partial charge in [-0.15, -0.1) is 0 Å². The number of amides is 1. The molecular weight excluding hydrogens is 271 g/mol. The van der Waals surface area contributed by atoms with Gasteiger partial charge in [-0.1, -0.05) is 13.8 Å². The number of benzene rings is 1. The zero-order valence-corrected chi connectivity index (χ0v) is 11.3. The fourth-order valence-electron chi connectivity index (χ4n) is 1.54. The van der Waals surface area contributed by atoms with Gasteiger partial charge >= 0.3 is 6.18 Å². The molecule has 1 amide bonds. The van der Waals surface area contributed by atoms with Gasteiger partial charge in [0.15, 0.2) is 0 Å². The van der Waals surface area contributed by atoms with Crippen LogP contribution in [-0.2, 0) is 6.18 Å². The number of carbonyl (C=O) groups is 1. The minimum atomic E-state index is -4.52. The minimum Gasteiger partial charge on any atom is -0.383 e. The summed E-state index contributed by atoms with van der Waals surface area (Å²) in [6.07, 6.45) is -4.52. The van der Waals surface area contributed by atoms with Gasteiger partial charge in [-0.3, -0.25) is 4.79 Å². The zero-order chi connectivity index (χ0) is 15.5. The van der Waals surface area contributed by atoms with Crippen LogP contribution in [0.1, 0.15) is 29.8 Å². The first-order valence-electron chi connectivity index (χ1n) is 6.13. The Labute approximate surface area is 115 Å². The van der Waals surface area contributed by atoms with Gasteiger partial charge in [0, 0.05) is 18.3 Å².